The highest BCUT2D eigenvalue weighted by Crippen LogP contribution is 2.42. The molecule has 1 aliphatic heterocycles. The van der Waals surface area contributed by atoms with Gasteiger partial charge in [-0.25, -0.2) is 20.0 Å². The van der Waals surface area contributed by atoms with Gasteiger partial charge >= 0.3 is 0 Å². The third-order valence-corrected chi connectivity index (χ3v) is 6.29. The minimum atomic E-state index is -0.601. The molecule has 1 amide bonds. The lowest BCUT2D eigenvalue weighted by atomic mass is 9.79. The van der Waals surface area contributed by atoms with Gasteiger partial charge in [-0.3, -0.25) is 9.59 Å². The van der Waals surface area contributed by atoms with Gasteiger partial charge in [0.15, 0.2) is 0 Å². The van der Waals surface area contributed by atoms with E-state index >= 15 is 0 Å². The molecule has 1 aliphatic carbocycles. The zero-order chi connectivity index (χ0) is 25.7. The summed E-state index contributed by atoms with van der Waals surface area (Å²) in [5.74, 6) is 1.56. The van der Waals surface area contributed by atoms with E-state index in [0.29, 0.717) is 40.2 Å². The molecule has 1 saturated carbocycles. The third-order valence-electron chi connectivity index (χ3n) is 6.29. The van der Waals surface area contributed by atoms with Gasteiger partial charge in [0.1, 0.15) is 29.2 Å². The quantitative estimate of drug-likeness (QED) is 0.201. The van der Waals surface area contributed by atoms with Crippen LogP contribution in [0.15, 0.2) is 36.7 Å². The van der Waals surface area contributed by atoms with Crippen LogP contribution in [-0.4, -0.2) is 37.5 Å². The highest BCUT2D eigenvalue weighted by molar-refractivity contribution is 6.00. The van der Waals surface area contributed by atoms with Gasteiger partial charge in [0.25, 0.3) is 18.2 Å². The molecule has 0 aromatic carbocycles. The van der Waals surface area contributed by atoms with E-state index < -0.39 is 5.54 Å². The average molecular weight is 494 g/mol. The van der Waals surface area contributed by atoms with Crippen molar-refractivity contribution >= 4 is 35.7 Å². The predicted molar refractivity (Wildman–Crippen MR) is 130 cm³/mol. The zero-order valence-electron chi connectivity index (χ0n) is 19.7. The molecule has 1 fully saturated rings. The van der Waals surface area contributed by atoms with Crippen molar-refractivity contribution in [3.05, 3.63) is 64.4 Å². The second-order valence-corrected chi connectivity index (χ2v) is 8.64. The summed E-state index contributed by atoms with van der Waals surface area (Å²) >= 11 is 0. The molecule has 1 spiro atoms. The van der Waals surface area contributed by atoms with Gasteiger partial charge in [0, 0.05) is 12.1 Å². The molecule has 36 heavy (non-hydrogen) atoms. The first kappa shape index (κ1) is 24.8. The minimum Gasteiger partial charge on any atom is -0.710 e. The van der Waals surface area contributed by atoms with Crippen molar-refractivity contribution in [2.45, 2.75) is 51.2 Å². The van der Waals surface area contributed by atoms with E-state index in [-0.39, 0.29) is 19.0 Å². The Labute approximate surface area is 207 Å². The summed E-state index contributed by atoms with van der Waals surface area (Å²) in [6.07, 6.45) is 5.96. The molecule has 0 atom stereocenters. The van der Waals surface area contributed by atoms with Crippen molar-refractivity contribution in [2.24, 2.45) is 0 Å². The molecule has 2 aliphatic rings. The van der Waals surface area contributed by atoms with Gasteiger partial charge in [0.05, 0.1) is 17.9 Å². The van der Waals surface area contributed by atoms with E-state index in [2.05, 4.69) is 30.9 Å². The Kier molecular flexibility index (Phi) is 7.25. The van der Waals surface area contributed by atoms with Gasteiger partial charge in [-0.15, -0.1) is 0 Å². The highest BCUT2D eigenvalue weighted by atomic mass is 16.5. The fourth-order valence-electron chi connectivity index (χ4n) is 4.80. The molecule has 3 aromatic rings. The van der Waals surface area contributed by atoms with Crippen LogP contribution in [-0.2, 0) is 16.9 Å². The maximum atomic E-state index is 13.5. The van der Waals surface area contributed by atoms with Gasteiger partial charge in [-0.05, 0) is 37.5 Å². The summed E-state index contributed by atoms with van der Waals surface area (Å²) in [5.41, 5.74) is 1.67. The zero-order valence-corrected chi connectivity index (χ0v) is 19.7. The van der Waals surface area contributed by atoms with Gasteiger partial charge in [0.2, 0.25) is 5.82 Å². The van der Waals surface area contributed by atoms with Crippen molar-refractivity contribution in [2.75, 3.05) is 10.6 Å². The van der Waals surface area contributed by atoms with E-state index in [1.165, 1.54) is 6.33 Å². The van der Waals surface area contributed by atoms with Crippen molar-refractivity contribution in [3.8, 4) is 0 Å². The molecule has 12 heteroatoms. The highest BCUT2D eigenvalue weighted by Gasteiger charge is 2.48. The maximum Gasteiger partial charge on any atom is 0.290 e. The van der Waals surface area contributed by atoms with Crippen LogP contribution in [0, 0.1) is 12.1 Å². The van der Waals surface area contributed by atoms with Gasteiger partial charge in [-0.2, -0.15) is 4.98 Å². The number of amides is 1. The molecule has 5 N–H and O–H groups in total. The Morgan fingerprint density at radius 1 is 1.14 bits per heavy atom. The molecule has 12 nitrogen and oxygen atoms in total. The third kappa shape index (κ3) is 4.89. The minimum absolute atomic E-state index is 0.161. The Morgan fingerprint density at radius 3 is 2.53 bits per heavy atom. The molecule has 4 heterocycles. The summed E-state index contributed by atoms with van der Waals surface area (Å²) in [7, 11) is 0. The number of fused-ring (bicyclic) bond motifs is 2. The lowest BCUT2D eigenvalue weighted by Gasteiger charge is -2.34. The predicted octanol–water partition coefficient (Wildman–Crippen LogP) is 2.40. The summed E-state index contributed by atoms with van der Waals surface area (Å²) in [6, 6.07) is 8.60. The number of rotatable bonds is 5. The Hall–Kier alpha value is -4.32. The van der Waals surface area contributed by atoms with Crippen LogP contribution >= 0.6 is 0 Å². The second kappa shape index (κ2) is 10.5. The summed E-state index contributed by atoms with van der Waals surface area (Å²) in [4.78, 5) is 33.8. The Balaban J connectivity index is 0.000000967. The molecule has 188 valence electrons. The molecule has 0 bridgehead atoms. The number of nitrogens with zero attached hydrogens (tertiary/aromatic N) is 4. The number of aromatic nitrogens is 4. The molecule has 0 radical (unpaired) electrons. The number of carbonyl (C=O) groups is 2. The van der Waals surface area contributed by atoms with Crippen LogP contribution in [0.1, 0.15) is 59.4 Å². The number of hydrogen-bond donors (Lipinski definition) is 5. The number of aliphatic hydroxyl groups excluding tert-OH is 1. The van der Waals surface area contributed by atoms with E-state index in [9.17, 15) is 15.1 Å². The average Bonchev–Trinajstić information content (AvgIpc) is 3.15. The van der Waals surface area contributed by atoms with Crippen LogP contribution in [0.4, 0.5) is 23.3 Å². The SMILES string of the molecule is Cc1cc(Nc2cc(Nc3cccc(CO)n3)ncn2)[n+]([O-])c2c1C(=O)NC21CCCCC1.O=CO. The van der Waals surface area contributed by atoms with E-state index in [0.717, 1.165) is 42.4 Å². The van der Waals surface area contributed by atoms with Gasteiger partial charge in [-0.1, -0.05) is 25.3 Å². The molecule has 0 saturated heterocycles. The van der Waals surface area contributed by atoms with Crippen LogP contribution < -0.4 is 20.7 Å². The van der Waals surface area contributed by atoms with Crippen molar-refractivity contribution in [1.82, 2.24) is 20.3 Å². The van der Waals surface area contributed by atoms with Gasteiger partial charge < -0.3 is 26.1 Å². The maximum absolute atomic E-state index is 13.5. The summed E-state index contributed by atoms with van der Waals surface area (Å²) in [6.45, 7) is 1.43. The smallest absolute Gasteiger partial charge is 0.290 e. The fraction of sp³-hybridized carbons (Fsp3) is 0.333. The van der Waals surface area contributed by atoms with Crippen LogP contribution in [0.2, 0.25) is 0 Å². The van der Waals surface area contributed by atoms with Crippen LogP contribution in [0.25, 0.3) is 0 Å². The number of carboxylic acid groups (broad SMARTS) is 1. The van der Waals surface area contributed by atoms with E-state index in [1.807, 2.05) is 6.92 Å². The van der Waals surface area contributed by atoms with Crippen molar-refractivity contribution in [3.63, 3.8) is 0 Å². The fourth-order valence-corrected chi connectivity index (χ4v) is 4.80. The number of hydrogen-bond acceptors (Lipinski definition) is 9. The number of aliphatic hydroxyl groups is 1. The number of carbonyl (C=O) groups excluding carboxylic acids is 1. The molecule has 0 unspecified atom stereocenters. The number of anilines is 4. The molecule has 3 aromatic heterocycles. The number of pyridine rings is 2. The molecular weight excluding hydrogens is 466 g/mol. The Morgan fingerprint density at radius 2 is 1.83 bits per heavy atom. The standard InChI is InChI=1S/C23H25N7O3.CH2O2/c1-14-10-19(30(33)21-20(14)22(32)29-23(21)8-3-2-4-9-23)28-18-11-17(24-13-25-18)27-16-7-5-6-15(12-31)26-16;2-1-3/h5-7,10-11,13,31H,2-4,8-9,12H2,1H3,(H,29,32)(H2,24,25,26,27,28);1H,(H,2,3). The number of aryl methyl sites for hydroxylation is 1. The monoisotopic (exact) mass is 493 g/mol. The van der Waals surface area contributed by atoms with E-state index in [1.54, 1.807) is 30.3 Å². The van der Waals surface area contributed by atoms with Crippen molar-refractivity contribution in [1.29, 1.82) is 0 Å². The largest absolute Gasteiger partial charge is 0.710 e. The first-order valence-corrected chi connectivity index (χ1v) is 11.5. The van der Waals surface area contributed by atoms with Crippen LogP contribution in [0.5, 0.6) is 0 Å². The topological polar surface area (TPSA) is 176 Å². The lowest BCUT2D eigenvalue weighted by molar-refractivity contribution is -0.603. The first-order chi connectivity index (χ1) is 17.4. The number of nitrogens with one attached hydrogen (secondary N) is 3. The second-order valence-electron chi connectivity index (χ2n) is 8.64. The molecule has 5 rings (SSSR count). The summed E-state index contributed by atoms with van der Waals surface area (Å²) < 4.78 is 0.840. The van der Waals surface area contributed by atoms with E-state index in [4.69, 9.17) is 9.90 Å². The normalized spacial score (nSPS) is 15.3. The molecular formula is C24H27N7O5. The Bertz CT molecular complexity index is 1280. The lowest BCUT2D eigenvalue weighted by Crippen LogP contribution is -2.49. The first-order valence-electron chi connectivity index (χ1n) is 11.5. The summed E-state index contributed by atoms with van der Waals surface area (Å²) in [5, 5.41) is 38.9. The van der Waals surface area contributed by atoms with Crippen LogP contribution in [0.3, 0.4) is 0 Å². The van der Waals surface area contributed by atoms with Crippen molar-refractivity contribution < 1.29 is 24.5 Å².